The average Bonchev–Trinajstić information content (AvgIpc) is 3.87. The van der Waals surface area contributed by atoms with Gasteiger partial charge in [0, 0.05) is 98.8 Å². The number of aryl methyl sites for hydroxylation is 2. The SMILES string of the molecule is CCCc1cc(C)[nH]c(=O)c1CNC(=O)c1cc(-c2ccc(N3CCN(CCNC(=O)CC45CC6CC4CC6C5)CC3)nc2)cc(NC(C)C)c1C=N. The number of benzene rings is 1. The number of aromatic nitrogens is 2. The number of H-pyrrole nitrogens is 1. The van der Waals surface area contributed by atoms with E-state index in [9.17, 15) is 14.4 Å². The van der Waals surface area contributed by atoms with Crippen molar-refractivity contribution in [1.82, 2.24) is 25.5 Å². The summed E-state index contributed by atoms with van der Waals surface area (Å²) in [5, 5.41) is 17.8. The summed E-state index contributed by atoms with van der Waals surface area (Å²) in [5.41, 5.74) is 5.64. The molecule has 0 radical (unpaired) electrons. The van der Waals surface area contributed by atoms with Crippen molar-refractivity contribution in [3.8, 4) is 11.1 Å². The zero-order valence-electron chi connectivity index (χ0n) is 31.8. The average molecular weight is 721 g/mol. The number of hydrogen-bond acceptors (Lipinski definition) is 8. The molecule has 2 unspecified atom stereocenters. The Bertz CT molecular complexity index is 1880. The summed E-state index contributed by atoms with van der Waals surface area (Å²) in [6.07, 6.45) is 10.7. The lowest BCUT2D eigenvalue weighted by Crippen LogP contribution is -2.48. The monoisotopic (exact) mass is 720 g/mol. The van der Waals surface area contributed by atoms with E-state index in [4.69, 9.17) is 10.4 Å². The van der Waals surface area contributed by atoms with Crippen molar-refractivity contribution in [3.63, 3.8) is 0 Å². The number of aromatic amines is 1. The predicted molar refractivity (Wildman–Crippen MR) is 211 cm³/mol. The van der Waals surface area contributed by atoms with Gasteiger partial charge in [-0.1, -0.05) is 13.3 Å². The zero-order valence-corrected chi connectivity index (χ0v) is 31.8. The molecule has 0 spiro atoms. The van der Waals surface area contributed by atoms with E-state index in [-0.39, 0.29) is 30.0 Å². The molecule has 2 aromatic heterocycles. The first-order valence-corrected chi connectivity index (χ1v) is 19.7. The van der Waals surface area contributed by atoms with Gasteiger partial charge >= 0.3 is 0 Å². The predicted octanol–water partition coefficient (Wildman–Crippen LogP) is 5.51. The van der Waals surface area contributed by atoms with Gasteiger partial charge < -0.3 is 31.2 Å². The molecule has 4 saturated carbocycles. The van der Waals surface area contributed by atoms with Crippen LogP contribution in [0.15, 0.2) is 41.3 Å². The molecule has 5 N–H and O–H groups in total. The number of nitrogens with one attached hydrogen (secondary N) is 5. The van der Waals surface area contributed by atoms with Gasteiger partial charge in [0.1, 0.15) is 5.82 Å². The Morgan fingerprint density at radius 2 is 1.81 bits per heavy atom. The fourth-order valence-electron chi connectivity index (χ4n) is 9.97. The Balaban J connectivity index is 0.970. The van der Waals surface area contributed by atoms with Crippen LogP contribution in [0.1, 0.15) is 92.0 Å². The van der Waals surface area contributed by atoms with Gasteiger partial charge in [0.25, 0.3) is 11.5 Å². The molecule has 1 aliphatic heterocycles. The van der Waals surface area contributed by atoms with Gasteiger partial charge in [-0.3, -0.25) is 19.3 Å². The van der Waals surface area contributed by atoms with E-state index < -0.39 is 0 Å². The van der Waals surface area contributed by atoms with E-state index in [2.05, 4.69) is 37.7 Å². The minimum Gasteiger partial charge on any atom is -0.382 e. The molecule has 8 rings (SSSR count). The number of anilines is 2. The third-order valence-electron chi connectivity index (χ3n) is 12.4. The van der Waals surface area contributed by atoms with E-state index in [1.165, 1.54) is 31.9 Å². The topological polar surface area (TPSA) is 146 Å². The van der Waals surface area contributed by atoms with Gasteiger partial charge in [0.2, 0.25) is 5.91 Å². The third-order valence-corrected chi connectivity index (χ3v) is 12.4. The smallest absolute Gasteiger partial charge is 0.253 e. The van der Waals surface area contributed by atoms with Crippen LogP contribution in [0.3, 0.4) is 0 Å². The summed E-state index contributed by atoms with van der Waals surface area (Å²) in [4.78, 5) is 51.9. The van der Waals surface area contributed by atoms with Crippen LogP contribution in [0.4, 0.5) is 11.5 Å². The van der Waals surface area contributed by atoms with Gasteiger partial charge in [-0.25, -0.2) is 4.98 Å². The lowest BCUT2D eigenvalue weighted by atomic mass is 9.78. The van der Waals surface area contributed by atoms with Crippen LogP contribution in [-0.2, 0) is 17.8 Å². The first kappa shape index (κ1) is 36.8. The van der Waals surface area contributed by atoms with Crippen LogP contribution in [0.5, 0.6) is 0 Å². The maximum Gasteiger partial charge on any atom is 0.253 e. The van der Waals surface area contributed by atoms with Crippen molar-refractivity contribution in [2.75, 3.05) is 49.5 Å². The molecule has 1 aromatic carbocycles. The highest BCUT2D eigenvalue weighted by Crippen LogP contribution is 2.71. The van der Waals surface area contributed by atoms with Crippen LogP contribution >= 0.6 is 0 Å². The number of carbonyl (C=O) groups is 2. The fourth-order valence-corrected chi connectivity index (χ4v) is 9.97. The lowest BCUT2D eigenvalue weighted by molar-refractivity contribution is -0.123. The molecule has 3 aromatic rings. The standard InChI is InChI=1S/C42H56N8O3/c1-5-6-28-15-27(4)48-41(53)36(28)25-46-40(52)34-18-30(19-37(35(34)23-43)47-26(2)3)29-7-8-38(45-24-29)50-13-11-49(12-14-50)10-9-44-39(51)22-42-20-31-16-33(42)17-32(31)21-42/h7-8,15,18-19,23-24,26,31-33,43,47H,5-6,9-14,16-17,20-22,25H2,1-4H3,(H,44,51)(H,46,52)(H,48,53). The molecule has 1 saturated heterocycles. The third kappa shape index (κ3) is 7.77. The number of rotatable bonds is 15. The van der Waals surface area contributed by atoms with E-state index in [0.29, 0.717) is 34.3 Å². The second-order valence-electron chi connectivity index (χ2n) is 16.4. The molecule has 4 aliphatic carbocycles. The second kappa shape index (κ2) is 15.5. The second-order valence-corrected chi connectivity index (χ2v) is 16.4. The number of amides is 2. The fraction of sp³-hybridized carbons (Fsp3) is 0.548. The van der Waals surface area contributed by atoms with Crippen LogP contribution in [0.2, 0.25) is 0 Å². The summed E-state index contributed by atoms with van der Waals surface area (Å²) in [6.45, 7) is 13.2. The van der Waals surface area contributed by atoms with Crippen LogP contribution in [-0.4, -0.2) is 78.2 Å². The van der Waals surface area contributed by atoms with Crippen molar-refractivity contribution in [3.05, 3.63) is 74.8 Å². The maximum atomic E-state index is 13.8. The van der Waals surface area contributed by atoms with E-state index in [0.717, 1.165) is 97.9 Å². The van der Waals surface area contributed by atoms with Crippen molar-refractivity contribution in [2.24, 2.45) is 23.2 Å². The molecule has 11 heteroatoms. The van der Waals surface area contributed by atoms with Gasteiger partial charge in [-0.2, -0.15) is 0 Å². The van der Waals surface area contributed by atoms with Gasteiger partial charge in [0.05, 0.1) is 5.56 Å². The summed E-state index contributed by atoms with van der Waals surface area (Å²) >= 11 is 0. The molecule has 2 amide bonds. The van der Waals surface area contributed by atoms with Gasteiger partial charge in [0.15, 0.2) is 0 Å². The van der Waals surface area contributed by atoms with Crippen LogP contribution < -0.4 is 26.4 Å². The number of nitrogens with zero attached hydrogens (tertiary/aromatic N) is 3. The minimum atomic E-state index is -0.349. The molecular weight excluding hydrogens is 665 g/mol. The highest BCUT2D eigenvalue weighted by atomic mass is 16.2. The molecule has 53 heavy (non-hydrogen) atoms. The Morgan fingerprint density at radius 1 is 1.06 bits per heavy atom. The highest BCUT2D eigenvalue weighted by molar-refractivity contribution is 6.06. The molecule has 5 aliphatic rings. The normalized spacial score (nSPS) is 23.2. The van der Waals surface area contributed by atoms with Crippen molar-refractivity contribution in [1.29, 1.82) is 5.41 Å². The van der Waals surface area contributed by atoms with Crippen LogP contribution in [0, 0.1) is 35.5 Å². The Labute approximate surface area is 313 Å². The molecule has 2 atom stereocenters. The number of hydrogen-bond donors (Lipinski definition) is 5. The first-order chi connectivity index (χ1) is 25.6. The Hall–Kier alpha value is -4.51. The number of piperazine rings is 1. The molecular formula is C42H56N8O3. The first-order valence-electron chi connectivity index (χ1n) is 19.7. The summed E-state index contributed by atoms with van der Waals surface area (Å²) < 4.78 is 0. The largest absolute Gasteiger partial charge is 0.382 e. The van der Waals surface area contributed by atoms with E-state index in [1.54, 1.807) is 0 Å². The van der Waals surface area contributed by atoms with Crippen molar-refractivity contribution >= 4 is 29.5 Å². The Kier molecular flexibility index (Phi) is 10.7. The summed E-state index contributed by atoms with van der Waals surface area (Å²) in [5.74, 6) is 3.42. The van der Waals surface area contributed by atoms with Crippen molar-refractivity contribution < 1.29 is 9.59 Å². The highest BCUT2D eigenvalue weighted by Gasteiger charge is 2.63. The minimum absolute atomic E-state index is 0.0789. The Morgan fingerprint density at radius 3 is 2.43 bits per heavy atom. The molecule has 4 bridgehead atoms. The summed E-state index contributed by atoms with van der Waals surface area (Å²) in [6, 6.07) is 9.90. The van der Waals surface area contributed by atoms with Crippen LogP contribution in [0.25, 0.3) is 11.1 Å². The molecule has 282 valence electrons. The zero-order chi connectivity index (χ0) is 37.3. The lowest BCUT2D eigenvalue weighted by Gasteiger charge is -2.35. The number of pyridine rings is 2. The van der Waals surface area contributed by atoms with E-state index in [1.807, 2.05) is 57.3 Å². The summed E-state index contributed by atoms with van der Waals surface area (Å²) in [7, 11) is 0. The van der Waals surface area contributed by atoms with E-state index >= 15 is 0 Å². The molecule has 11 nitrogen and oxygen atoms in total. The number of carbonyl (C=O) groups excluding carboxylic acids is 2. The van der Waals surface area contributed by atoms with Gasteiger partial charge in [-0.15, -0.1) is 0 Å². The quantitative estimate of drug-likeness (QED) is 0.130. The van der Waals surface area contributed by atoms with Crippen molar-refractivity contribution in [2.45, 2.75) is 85.2 Å². The molecule has 3 heterocycles. The van der Waals surface area contributed by atoms with Gasteiger partial charge in [-0.05, 0) is 118 Å². The molecule has 5 fully saturated rings. The maximum absolute atomic E-state index is 13.8.